The van der Waals surface area contributed by atoms with Gasteiger partial charge in [0, 0.05) is 12.6 Å². The van der Waals surface area contributed by atoms with E-state index in [-0.39, 0.29) is 0 Å². The van der Waals surface area contributed by atoms with Crippen molar-refractivity contribution < 1.29 is 9.47 Å². The van der Waals surface area contributed by atoms with Crippen LogP contribution in [0.5, 0.6) is 11.5 Å². The van der Waals surface area contributed by atoms with Gasteiger partial charge in [-0.05, 0) is 66.0 Å². The number of nitrogens with zero attached hydrogens (tertiary/aromatic N) is 1. The van der Waals surface area contributed by atoms with Gasteiger partial charge in [0.15, 0.2) is 11.5 Å². The molecule has 0 amide bonds. The van der Waals surface area contributed by atoms with Gasteiger partial charge in [-0.3, -0.25) is 4.90 Å². The molecule has 1 fully saturated rings. The minimum Gasteiger partial charge on any atom is -0.486 e. The van der Waals surface area contributed by atoms with Crippen molar-refractivity contribution in [1.82, 2.24) is 4.90 Å². The van der Waals surface area contributed by atoms with Crippen LogP contribution in [0.2, 0.25) is 0 Å². The van der Waals surface area contributed by atoms with Crippen molar-refractivity contribution >= 4 is 15.9 Å². The van der Waals surface area contributed by atoms with Crippen molar-refractivity contribution in [3.05, 3.63) is 21.7 Å². The molecule has 2 N–H and O–H groups in total. The summed E-state index contributed by atoms with van der Waals surface area (Å²) in [4.78, 5) is 2.39. The van der Waals surface area contributed by atoms with Gasteiger partial charge in [-0.15, -0.1) is 0 Å². The standard InChI is InChI=1S/C15H21BrN2O2/c1-9-11(13-5-10(7-17)8-18(13)2)6-12(16)15-14(9)19-3-4-20-15/h6,10,13H,3-5,7-8,17H2,1-2H3. The molecule has 110 valence electrons. The summed E-state index contributed by atoms with van der Waals surface area (Å²) in [6, 6.07) is 2.60. The molecule has 2 aliphatic rings. The lowest BCUT2D eigenvalue weighted by molar-refractivity contribution is 0.168. The molecular formula is C15H21BrN2O2. The van der Waals surface area contributed by atoms with Crippen LogP contribution in [0.1, 0.15) is 23.6 Å². The first-order valence-corrected chi connectivity index (χ1v) is 7.90. The maximum atomic E-state index is 5.83. The van der Waals surface area contributed by atoms with Gasteiger partial charge in [0.2, 0.25) is 0 Å². The molecule has 2 unspecified atom stereocenters. The molecule has 5 heteroatoms. The number of ether oxygens (including phenoxy) is 2. The van der Waals surface area contributed by atoms with Gasteiger partial charge >= 0.3 is 0 Å². The van der Waals surface area contributed by atoms with Crippen molar-refractivity contribution in [3.63, 3.8) is 0 Å². The molecule has 0 aliphatic carbocycles. The van der Waals surface area contributed by atoms with E-state index in [1.807, 2.05) is 0 Å². The van der Waals surface area contributed by atoms with Crippen molar-refractivity contribution in [2.24, 2.45) is 11.7 Å². The second-order valence-corrected chi connectivity index (χ2v) is 6.57. The first kappa shape index (κ1) is 14.2. The van der Waals surface area contributed by atoms with Crippen LogP contribution < -0.4 is 15.2 Å². The second kappa shape index (κ2) is 5.54. The third kappa shape index (κ3) is 2.32. The predicted octanol–water partition coefficient (Wildman–Crippen LogP) is 2.48. The van der Waals surface area contributed by atoms with Crippen molar-refractivity contribution in [1.29, 1.82) is 0 Å². The highest BCUT2D eigenvalue weighted by Crippen LogP contribution is 2.46. The number of halogens is 1. The Labute approximate surface area is 128 Å². The van der Waals surface area contributed by atoms with Crippen LogP contribution in [0, 0.1) is 12.8 Å². The molecule has 0 saturated carbocycles. The van der Waals surface area contributed by atoms with E-state index in [1.54, 1.807) is 0 Å². The number of hydrogen-bond acceptors (Lipinski definition) is 4. The molecule has 1 aromatic carbocycles. The van der Waals surface area contributed by atoms with Crippen molar-refractivity contribution in [2.75, 3.05) is 33.4 Å². The van der Waals surface area contributed by atoms with E-state index in [1.165, 1.54) is 11.1 Å². The highest BCUT2D eigenvalue weighted by Gasteiger charge is 2.33. The molecule has 1 saturated heterocycles. The summed E-state index contributed by atoms with van der Waals surface area (Å²) >= 11 is 3.62. The summed E-state index contributed by atoms with van der Waals surface area (Å²) in [6.45, 7) is 5.18. The zero-order valence-electron chi connectivity index (χ0n) is 12.0. The summed E-state index contributed by atoms with van der Waals surface area (Å²) in [5.74, 6) is 2.31. The van der Waals surface area contributed by atoms with E-state index in [9.17, 15) is 0 Å². The lowest BCUT2D eigenvalue weighted by Gasteiger charge is -2.27. The van der Waals surface area contributed by atoms with Crippen molar-refractivity contribution in [3.8, 4) is 11.5 Å². The van der Waals surface area contributed by atoms with Crippen molar-refractivity contribution in [2.45, 2.75) is 19.4 Å². The monoisotopic (exact) mass is 340 g/mol. The molecule has 0 bridgehead atoms. The Morgan fingerprint density at radius 1 is 1.35 bits per heavy atom. The highest BCUT2D eigenvalue weighted by atomic mass is 79.9. The zero-order valence-corrected chi connectivity index (χ0v) is 13.6. The Hall–Kier alpha value is -0.780. The van der Waals surface area contributed by atoms with E-state index < -0.39 is 0 Å². The number of likely N-dealkylation sites (tertiary alicyclic amines) is 1. The summed E-state index contributed by atoms with van der Waals surface area (Å²) in [5.41, 5.74) is 8.35. The second-order valence-electron chi connectivity index (χ2n) is 5.72. The Morgan fingerprint density at radius 3 is 2.70 bits per heavy atom. The van der Waals surface area contributed by atoms with Gasteiger partial charge < -0.3 is 15.2 Å². The average Bonchev–Trinajstić information content (AvgIpc) is 2.84. The third-order valence-electron chi connectivity index (χ3n) is 4.38. The Bertz CT molecular complexity index is 521. The summed E-state index contributed by atoms with van der Waals surface area (Å²) in [6.07, 6.45) is 1.11. The van der Waals surface area contributed by atoms with Gasteiger partial charge in [0.1, 0.15) is 13.2 Å². The lowest BCUT2D eigenvalue weighted by atomic mass is 9.95. The Kier molecular flexibility index (Phi) is 3.93. The summed E-state index contributed by atoms with van der Waals surface area (Å²) < 4.78 is 12.5. The predicted molar refractivity (Wildman–Crippen MR) is 82.4 cm³/mol. The van der Waals surface area contributed by atoms with E-state index in [2.05, 4.69) is 40.9 Å². The molecule has 2 atom stereocenters. The summed E-state index contributed by atoms with van der Waals surface area (Å²) in [7, 11) is 2.17. The molecule has 0 radical (unpaired) electrons. The fraction of sp³-hybridized carbons (Fsp3) is 0.600. The number of fused-ring (bicyclic) bond motifs is 1. The normalized spacial score (nSPS) is 26.0. The van der Waals surface area contributed by atoms with E-state index in [0.29, 0.717) is 25.2 Å². The number of hydrogen-bond donors (Lipinski definition) is 1. The molecule has 2 aliphatic heterocycles. The van der Waals surface area contributed by atoms with E-state index >= 15 is 0 Å². The average molecular weight is 341 g/mol. The molecule has 0 aromatic heterocycles. The molecule has 3 rings (SSSR count). The van der Waals surface area contributed by atoms with Crippen LogP contribution in [0.25, 0.3) is 0 Å². The third-order valence-corrected chi connectivity index (χ3v) is 4.97. The Balaban J connectivity index is 2.00. The topological polar surface area (TPSA) is 47.7 Å². The SMILES string of the molecule is Cc1c(C2CC(CN)CN2C)cc(Br)c2c1OCCO2. The van der Waals surface area contributed by atoms with Crippen LogP contribution >= 0.6 is 15.9 Å². The van der Waals surface area contributed by atoms with E-state index in [0.717, 1.165) is 35.5 Å². The molecular weight excluding hydrogens is 320 g/mol. The minimum atomic E-state index is 0.413. The van der Waals surface area contributed by atoms with Crippen LogP contribution in [0.4, 0.5) is 0 Å². The molecule has 4 nitrogen and oxygen atoms in total. The van der Waals surface area contributed by atoms with Gasteiger partial charge in [0.25, 0.3) is 0 Å². The minimum absolute atomic E-state index is 0.413. The highest BCUT2D eigenvalue weighted by molar-refractivity contribution is 9.10. The maximum Gasteiger partial charge on any atom is 0.175 e. The van der Waals surface area contributed by atoms with Crippen LogP contribution in [-0.2, 0) is 0 Å². The quantitative estimate of drug-likeness (QED) is 0.898. The molecule has 1 aromatic rings. The maximum absolute atomic E-state index is 5.83. The first-order valence-electron chi connectivity index (χ1n) is 7.10. The van der Waals surface area contributed by atoms with Crippen LogP contribution in [0.3, 0.4) is 0 Å². The Morgan fingerprint density at radius 2 is 2.05 bits per heavy atom. The number of benzene rings is 1. The molecule has 2 heterocycles. The molecule has 20 heavy (non-hydrogen) atoms. The fourth-order valence-electron chi connectivity index (χ4n) is 3.30. The summed E-state index contributed by atoms with van der Waals surface area (Å²) in [5, 5.41) is 0. The number of nitrogens with two attached hydrogens (primary N) is 1. The lowest BCUT2D eigenvalue weighted by Crippen LogP contribution is -2.22. The van der Waals surface area contributed by atoms with Gasteiger partial charge in [-0.1, -0.05) is 0 Å². The van der Waals surface area contributed by atoms with Gasteiger partial charge in [0.05, 0.1) is 4.47 Å². The van der Waals surface area contributed by atoms with Gasteiger partial charge in [-0.25, -0.2) is 0 Å². The smallest absolute Gasteiger partial charge is 0.175 e. The first-order chi connectivity index (χ1) is 9.61. The fourth-order valence-corrected chi connectivity index (χ4v) is 3.84. The number of rotatable bonds is 2. The van der Waals surface area contributed by atoms with Crippen LogP contribution in [0.15, 0.2) is 10.5 Å². The largest absolute Gasteiger partial charge is 0.486 e. The van der Waals surface area contributed by atoms with E-state index in [4.69, 9.17) is 15.2 Å². The molecule has 0 spiro atoms. The zero-order chi connectivity index (χ0) is 14.3. The van der Waals surface area contributed by atoms with Crippen LogP contribution in [-0.4, -0.2) is 38.3 Å². The van der Waals surface area contributed by atoms with Gasteiger partial charge in [-0.2, -0.15) is 0 Å².